The van der Waals surface area contributed by atoms with Crippen LogP contribution in [0.2, 0.25) is 0 Å². The molecular formula is C10H14FNO. The van der Waals surface area contributed by atoms with E-state index in [1.54, 1.807) is 12.1 Å². The van der Waals surface area contributed by atoms with Crippen molar-refractivity contribution < 1.29 is 9.13 Å². The molecule has 0 aromatic heterocycles. The van der Waals surface area contributed by atoms with E-state index in [1.807, 2.05) is 14.0 Å². The van der Waals surface area contributed by atoms with E-state index in [4.69, 9.17) is 4.74 Å². The molecule has 0 radical (unpaired) electrons. The molecule has 0 saturated heterocycles. The number of benzene rings is 1. The van der Waals surface area contributed by atoms with Crippen LogP contribution < -0.4 is 10.1 Å². The van der Waals surface area contributed by atoms with Gasteiger partial charge in [0.05, 0.1) is 7.11 Å². The van der Waals surface area contributed by atoms with E-state index in [-0.39, 0.29) is 11.9 Å². The Hall–Kier alpha value is -1.09. The Kier molecular flexibility index (Phi) is 3.25. The number of rotatable bonds is 3. The summed E-state index contributed by atoms with van der Waals surface area (Å²) >= 11 is 0. The van der Waals surface area contributed by atoms with Crippen molar-refractivity contribution in [1.29, 1.82) is 0 Å². The van der Waals surface area contributed by atoms with Crippen molar-refractivity contribution in [1.82, 2.24) is 5.32 Å². The zero-order valence-corrected chi connectivity index (χ0v) is 8.10. The summed E-state index contributed by atoms with van der Waals surface area (Å²) in [4.78, 5) is 0. The second kappa shape index (κ2) is 4.23. The Bertz CT molecular complexity index is 288. The maximum Gasteiger partial charge on any atom is 0.165 e. The molecule has 72 valence electrons. The normalized spacial score (nSPS) is 12.6. The average Bonchev–Trinajstić information content (AvgIpc) is 2.17. The van der Waals surface area contributed by atoms with E-state index in [2.05, 4.69) is 5.32 Å². The van der Waals surface area contributed by atoms with Gasteiger partial charge in [0.2, 0.25) is 0 Å². The second-order valence-electron chi connectivity index (χ2n) is 2.90. The quantitative estimate of drug-likeness (QED) is 0.775. The molecule has 0 saturated carbocycles. The molecule has 1 aromatic rings. The fraction of sp³-hybridized carbons (Fsp3) is 0.400. The summed E-state index contributed by atoms with van der Waals surface area (Å²) < 4.78 is 17.9. The standard InChI is InChI=1S/C10H14FNO/c1-7(12-2)8-4-5-9(11)10(6-8)13-3/h4-7,12H,1-3H3/t7-/m1/s1. The van der Waals surface area contributed by atoms with Gasteiger partial charge < -0.3 is 10.1 Å². The molecule has 3 heteroatoms. The van der Waals surface area contributed by atoms with Gasteiger partial charge in [-0.25, -0.2) is 4.39 Å². The van der Waals surface area contributed by atoms with Crippen LogP contribution in [0, 0.1) is 5.82 Å². The summed E-state index contributed by atoms with van der Waals surface area (Å²) in [5.41, 5.74) is 1.01. The molecule has 0 aliphatic rings. The third-order valence-electron chi connectivity index (χ3n) is 2.11. The van der Waals surface area contributed by atoms with Crippen LogP contribution in [0.25, 0.3) is 0 Å². The smallest absolute Gasteiger partial charge is 0.165 e. The van der Waals surface area contributed by atoms with Crippen LogP contribution in [-0.2, 0) is 0 Å². The van der Waals surface area contributed by atoms with Crippen LogP contribution in [0.15, 0.2) is 18.2 Å². The Morgan fingerprint density at radius 3 is 2.69 bits per heavy atom. The fourth-order valence-electron chi connectivity index (χ4n) is 1.11. The lowest BCUT2D eigenvalue weighted by Gasteiger charge is -2.11. The van der Waals surface area contributed by atoms with Crippen molar-refractivity contribution in [2.75, 3.05) is 14.2 Å². The largest absolute Gasteiger partial charge is 0.494 e. The monoisotopic (exact) mass is 183 g/mol. The lowest BCUT2D eigenvalue weighted by molar-refractivity contribution is 0.385. The maximum atomic E-state index is 13.0. The molecule has 2 nitrogen and oxygen atoms in total. The van der Waals surface area contributed by atoms with Gasteiger partial charge in [-0.15, -0.1) is 0 Å². The zero-order valence-electron chi connectivity index (χ0n) is 8.10. The van der Waals surface area contributed by atoms with Crippen LogP contribution in [-0.4, -0.2) is 14.2 Å². The maximum absolute atomic E-state index is 13.0. The van der Waals surface area contributed by atoms with Crippen molar-refractivity contribution in [3.63, 3.8) is 0 Å². The van der Waals surface area contributed by atoms with E-state index >= 15 is 0 Å². The van der Waals surface area contributed by atoms with Crippen LogP contribution in [0.1, 0.15) is 18.5 Å². The lowest BCUT2D eigenvalue weighted by atomic mass is 10.1. The van der Waals surface area contributed by atoms with Crippen molar-refractivity contribution in [2.45, 2.75) is 13.0 Å². The van der Waals surface area contributed by atoms with Crippen molar-refractivity contribution in [3.05, 3.63) is 29.6 Å². The summed E-state index contributed by atoms with van der Waals surface area (Å²) in [5, 5.41) is 3.07. The molecule has 0 spiro atoms. The molecule has 0 heterocycles. The first-order valence-corrected chi connectivity index (χ1v) is 4.19. The molecule has 0 fully saturated rings. The van der Waals surface area contributed by atoms with Gasteiger partial charge in [-0.1, -0.05) is 6.07 Å². The van der Waals surface area contributed by atoms with Crippen LogP contribution in [0.3, 0.4) is 0 Å². The molecule has 1 N–H and O–H groups in total. The van der Waals surface area contributed by atoms with Gasteiger partial charge in [-0.2, -0.15) is 0 Å². The third kappa shape index (κ3) is 2.18. The minimum atomic E-state index is -0.324. The summed E-state index contributed by atoms with van der Waals surface area (Å²) in [6.45, 7) is 2.01. The van der Waals surface area contributed by atoms with Gasteiger partial charge in [0.15, 0.2) is 11.6 Å². The summed E-state index contributed by atoms with van der Waals surface area (Å²) in [5.74, 6) is -0.0332. The van der Waals surface area contributed by atoms with E-state index in [9.17, 15) is 4.39 Å². The Morgan fingerprint density at radius 2 is 2.15 bits per heavy atom. The molecule has 0 aliphatic heterocycles. The lowest BCUT2D eigenvalue weighted by Crippen LogP contribution is -2.12. The molecular weight excluding hydrogens is 169 g/mol. The third-order valence-corrected chi connectivity index (χ3v) is 2.11. The van der Waals surface area contributed by atoms with Gasteiger partial charge in [0, 0.05) is 6.04 Å². The van der Waals surface area contributed by atoms with Crippen LogP contribution in [0.5, 0.6) is 5.75 Å². The van der Waals surface area contributed by atoms with Crippen LogP contribution >= 0.6 is 0 Å². The number of hydrogen-bond donors (Lipinski definition) is 1. The number of ether oxygens (including phenoxy) is 1. The predicted molar refractivity (Wildman–Crippen MR) is 50.4 cm³/mol. The fourth-order valence-corrected chi connectivity index (χ4v) is 1.11. The molecule has 1 rings (SSSR count). The highest BCUT2D eigenvalue weighted by atomic mass is 19.1. The van der Waals surface area contributed by atoms with E-state index in [0.29, 0.717) is 5.75 Å². The molecule has 0 amide bonds. The van der Waals surface area contributed by atoms with Crippen LogP contribution in [0.4, 0.5) is 4.39 Å². The van der Waals surface area contributed by atoms with Crippen molar-refractivity contribution >= 4 is 0 Å². The molecule has 1 atom stereocenters. The highest BCUT2D eigenvalue weighted by Crippen LogP contribution is 2.21. The Balaban J connectivity index is 2.99. The number of halogens is 1. The van der Waals surface area contributed by atoms with Gasteiger partial charge in [0.25, 0.3) is 0 Å². The number of hydrogen-bond acceptors (Lipinski definition) is 2. The molecule has 0 bridgehead atoms. The van der Waals surface area contributed by atoms with Gasteiger partial charge >= 0.3 is 0 Å². The average molecular weight is 183 g/mol. The van der Waals surface area contributed by atoms with Crippen molar-refractivity contribution in [3.8, 4) is 5.75 Å². The molecule has 1 aromatic carbocycles. The van der Waals surface area contributed by atoms with E-state index in [1.165, 1.54) is 13.2 Å². The molecule has 13 heavy (non-hydrogen) atoms. The topological polar surface area (TPSA) is 21.3 Å². The highest BCUT2D eigenvalue weighted by Gasteiger charge is 2.07. The molecule has 0 aliphatic carbocycles. The highest BCUT2D eigenvalue weighted by molar-refractivity contribution is 5.31. The Labute approximate surface area is 77.7 Å². The van der Waals surface area contributed by atoms with Crippen molar-refractivity contribution in [2.24, 2.45) is 0 Å². The summed E-state index contributed by atoms with van der Waals surface area (Å²) in [6, 6.07) is 5.08. The van der Waals surface area contributed by atoms with Gasteiger partial charge in [-0.05, 0) is 31.7 Å². The van der Waals surface area contributed by atoms with Gasteiger partial charge in [-0.3, -0.25) is 0 Å². The minimum Gasteiger partial charge on any atom is -0.494 e. The Morgan fingerprint density at radius 1 is 1.46 bits per heavy atom. The first-order valence-electron chi connectivity index (χ1n) is 4.19. The zero-order chi connectivity index (χ0) is 9.84. The SMILES string of the molecule is CN[C@H](C)c1ccc(F)c(OC)c1. The minimum absolute atomic E-state index is 0.203. The summed E-state index contributed by atoms with van der Waals surface area (Å²) in [7, 11) is 3.33. The first-order chi connectivity index (χ1) is 6.19. The number of methoxy groups -OCH3 is 1. The first kappa shape index (κ1) is 9.99. The second-order valence-corrected chi connectivity index (χ2v) is 2.90. The predicted octanol–water partition coefficient (Wildman–Crippen LogP) is 2.11. The van der Waals surface area contributed by atoms with Gasteiger partial charge in [0.1, 0.15) is 0 Å². The van der Waals surface area contributed by atoms with E-state index < -0.39 is 0 Å². The number of nitrogens with one attached hydrogen (secondary N) is 1. The van der Waals surface area contributed by atoms with E-state index in [0.717, 1.165) is 5.56 Å². The summed E-state index contributed by atoms with van der Waals surface area (Å²) in [6.07, 6.45) is 0. The molecule has 0 unspecified atom stereocenters.